The number of fused-ring (bicyclic) bond motifs is 3. The molecule has 2 fully saturated rings. The Morgan fingerprint density at radius 3 is 2.03 bits per heavy atom. The number of esters is 2. The van der Waals surface area contributed by atoms with E-state index in [9.17, 15) is 58.8 Å². The normalized spacial score (nSPS) is 30.1. The van der Waals surface area contributed by atoms with Gasteiger partial charge in [0.1, 0.15) is 30.9 Å². The highest BCUT2D eigenvalue weighted by Crippen LogP contribution is 2.60. The molecule has 2 saturated heterocycles. The van der Waals surface area contributed by atoms with Gasteiger partial charge in [0.25, 0.3) is 0 Å². The largest absolute Gasteiger partial charge is 0.481 e. The van der Waals surface area contributed by atoms with Crippen molar-refractivity contribution in [3.05, 3.63) is 34.9 Å². The van der Waals surface area contributed by atoms with Crippen molar-refractivity contribution < 1.29 is 81.6 Å². The van der Waals surface area contributed by atoms with Gasteiger partial charge in [-0.15, -0.1) is 0 Å². The van der Waals surface area contributed by atoms with Gasteiger partial charge < -0.3 is 55.3 Å². The van der Waals surface area contributed by atoms with Crippen molar-refractivity contribution in [3.8, 4) is 0 Å². The van der Waals surface area contributed by atoms with Crippen LogP contribution in [0.15, 0.2) is 29.2 Å². The van der Waals surface area contributed by atoms with Gasteiger partial charge in [-0.3, -0.25) is 23.2 Å². The number of phosphoric acid groups is 2. The molecule has 74 heavy (non-hydrogen) atoms. The van der Waals surface area contributed by atoms with Crippen LogP contribution in [0.4, 0.5) is 5.82 Å². The molecule has 9 N–H and O–H groups in total. The molecule has 0 aromatic carbocycles. The third kappa shape index (κ3) is 26.6. The molecule has 2 unspecified atom stereocenters. The van der Waals surface area contributed by atoms with E-state index in [0.29, 0.717) is 44.9 Å². The SMILES string of the molecule is CCCCC[C@H](O)/C=C/[C@@H]1[C@H](O)[C@H](O)[C@H]2COP(=O)(O)OP(=O)(O)OC[C@H](OC(=O)CCCCCCCCCCCCCCCC(C)C)COC(=O)CCCCCC[C@H]([C@H](n3ccc(N)nc3=O)O2)[C@@H](O)C[C@H]1O. The highest BCUT2D eigenvalue weighted by molar-refractivity contribution is 7.61. The molecule has 1 aromatic rings. The van der Waals surface area contributed by atoms with E-state index in [1.165, 1.54) is 82.2 Å². The second-order valence-electron chi connectivity index (χ2n) is 20.5. The molecule has 2 aliphatic heterocycles. The summed E-state index contributed by atoms with van der Waals surface area (Å²) in [5, 5.41) is 57.6. The maximum absolute atomic E-state index is 13.4. The molecule has 3 rings (SSSR count). The van der Waals surface area contributed by atoms with Crippen LogP contribution < -0.4 is 11.4 Å². The molecule has 3 heterocycles. The monoisotopic (exact) mass is 1100 g/mol. The number of nitrogen functional groups attached to an aromatic ring is 1. The van der Waals surface area contributed by atoms with Crippen LogP contribution in [-0.2, 0) is 46.3 Å². The molecular formula is C51H91N3O18P2. The van der Waals surface area contributed by atoms with Gasteiger partial charge in [0.15, 0.2) is 6.10 Å². The standard InChI is InChI=1S/C51H91N3O18P2/c1-4-5-19-25-38(55)29-30-40-42(56)33-43(57)41-26-21-17-18-22-27-46(58)67-34-39(70-47(59)28-23-16-14-12-10-8-6-7-9-11-13-15-20-24-37(2)3)35-68-73(63,64)72-74(65,66)69-36-44(49(61)48(40)60)71-50(41)54-32-31-45(52)53-51(54)62/h29-32,37-44,48-50,55-57,60-61H,4-28,33-36H2,1-3H3,(H,63,64)(H,65,66)(H2,52,53,62)/b30-29+/t38-,39+,40-,41-,42+,43-,44+,48-,49+,50+/m0/s1. The quantitative estimate of drug-likeness (QED) is 0.0211. The number of ether oxygens (including phenoxy) is 3. The number of carbonyl (C=O) groups excluding carboxylic acids is 2. The van der Waals surface area contributed by atoms with Crippen LogP contribution in [0.1, 0.15) is 194 Å². The number of aliphatic hydroxyl groups excluding tert-OH is 5. The summed E-state index contributed by atoms with van der Waals surface area (Å²) in [5.41, 5.74) is 4.82. The van der Waals surface area contributed by atoms with Crippen molar-refractivity contribution >= 4 is 33.4 Å². The Morgan fingerprint density at radius 1 is 0.811 bits per heavy atom. The van der Waals surface area contributed by atoms with E-state index < -0.39 is 120 Å². The molecule has 2 aliphatic rings. The lowest BCUT2D eigenvalue weighted by Gasteiger charge is -2.41. The first kappa shape index (κ1) is 65.7. The van der Waals surface area contributed by atoms with Crippen LogP contribution in [0.2, 0.25) is 0 Å². The van der Waals surface area contributed by atoms with Crippen LogP contribution >= 0.6 is 15.6 Å². The minimum absolute atomic E-state index is 0.0115. The van der Waals surface area contributed by atoms with Crippen LogP contribution in [0.5, 0.6) is 0 Å². The van der Waals surface area contributed by atoms with Gasteiger partial charge in [-0.1, -0.05) is 155 Å². The Kier molecular flexibility index (Phi) is 31.7. The van der Waals surface area contributed by atoms with Crippen LogP contribution in [0, 0.1) is 17.8 Å². The highest BCUT2D eigenvalue weighted by atomic mass is 31.3. The topological polar surface area (TPSA) is 326 Å². The molecule has 0 amide bonds. The zero-order chi connectivity index (χ0) is 54.5. The fourth-order valence-corrected chi connectivity index (χ4v) is 11.4. The number of carbonyl (C=O) groups is 2. The molecule has 0 radical (unpaired) electrons. The van der Waals surface area contributed by atoms with Gasteiger partial charge in [-0.2, -0.15) is 9.29 Å². The average molecular weight is 1100 g/mol. The summed E-state index contributed by atoms with van der Waals surface area (Å²) in [6.07, 6.45) is 10.7. The van der Waals surface area contributed by atoms with E-state index in [-0.39, 0.29) is 25.1 Å². The second kappa shape index (κ2) is 35.7. The number of aromatic nitrogens is 2. The molecule has 428 valence electrons. The Labute approximate surface area is 438 Å². The Morgan fingerprint density at radius 2 is 1.41 bits per heavy atom. The molecule has 21 nitrogen and oxygen atoms in total. The fourth-order valence-electron chi connectivity index (χ4n) is 9.28. The summed E-state index contributed by atoms with van der Waals surface area (Å²) in [6, 6.07) is 1.26. The number of unbranched alkanes of at least 4 members (excludes halogenated alkanes) is 14. The summed E-state index contributed by atoms with van der Waals surface area (Å²) in [4.78, 5) is 64.4. The second-order valence-corrected chi connectivity index (χ2v) is 23.6. The molecule has 12 atom stereocenters. The van der Waals surface area contributed by atoms with Gasteiger partial charge in [0.05, 0.1) is 37.6 Å². The zero-order valence-electron chi connectivity index (χ0n) is 44.2. The van der Waals surface area contributed by atoms with Crippen molar-refractivity contribution in [2.45, 2.75) is 237 Å². The first-order valence-corrected chi connectivity index (χ1v) is 30.3. The fraction of sp³-hybridized carbons (Fsp3) is 0.843. The first-order chi connectivity index (χ1) is 35.2. The van der Waals surface area contributed by atoms with Crippen LogP contribution in [0.25, 0.3) is 0 Å². The first-order valence-electron chi connectivity index (χ1n) is 27.3. The maximum Gasteiger partial charge on any atom is 0.481 e. The third-order valence-electron chi connectivity index (χ3n) is 13.6. The number of aliphatic hydroxyl groups is 5. The summed E-state index contributed by atoms with van der Waals surface area (Å²) < 4.78 is 59.3. The number of phosphoric ester groups is 2. The lowest BCUT2D eigenvalue weighted by Crippen LogP contribution is -2.52. The molecule has 2 bridgehead atoms. The molecular weight excluding hydrogens is 1000 g/mol. The van der Waals surface area contributed by atoms with Crippen LogP contribution in [0.3, 0.4) is 0 Å². The van der Waals surface area contributed by atoms with E-state index in [4.69, 9.17) is 29.0 Å². The maximum atomic E-state index is 13.4. The number of anilines is 1. The molecule has 0 aliphatic carbocycles. The number of hydrogen-bond acceptors (Lipinski definition) is 18. The summed E-state index contributed by atoms with van der Waals surface area (Å²) in [7, 11) is -11.3. The molecule has 0 saturated carbocycles. The van der Waals surface area contributed by atoms with Crippen molar-refractivity contribution in [3.63, 3.8) is 0 Å². The lowest BCUT2D eigenvalue weighted by molar-refractivity contribution is -0.195. The van der Waals surface area contributed by atoms with E-state index in [1.807, 2.05) is 6.92 Å². The number of hydrogen-bond donors (Lipinski definition) is 8. The van der Waals surface area contributed by atoms with Gasteiger partial charge in [0.2, 0.25) is 0 Å². The summed E-state index contributed by atoms with van der Waals surface area (Å²) >= 11 is 0. The van der Waals surface area contributed by atoms with Gasteiger partial charge in [-0.05, 0) is 37.7 Å². The highest BCUT2D eigenvalue weighted by Gasteiger charge is 2.45. The van der Waals surface area contributed by atoms with Crippen molar-refractivity contribution in [1.82, 2.24) is 9.55 Å². The number of nitrogens with zero attached hydrogens (tertiary/aromatic N) is 2. The molecule has 0 spiro atoms. The van der Waals surface area contributed by atoms with E-state index >= 15 is 0 Å². The summed E-state index contributed by atoms with van der Waals surface area (Å²) in [5.74, 6) is -3.21. The minimum Gasteiger partial charge on any atom is -0.462 e. The Bertz CT molecular complexity index is 1930. The van der Waals surface area contributed by atoms with Crippen molar-refractivity contribution in [2.75, 3.05) is 25.6 Å². The van der Waals surface area contributed by atoms with Crippen molar-refractivity contribution in [1.29, 1.82) is 0 Å². The molecule has 23 heteroatoms. The predicted octanol–water partition coefficient (Wildman–Crippen LogP) is 7.85. The Balaban J connectivity index is 1.76. The Hall–Kier alpha value is -2.62. The number of nitrogens with two attached hydrogens (primary N) is 1. The van der Waals surface area contributed by atoms with Gasteiger partial charge in [-0.25, -0.2) is 13.9 Å². The number of cyclic esters (lactones) is 1. The smallest absolute Gasteiger partial charge is 0.462 e. The minimum atomic E-state index is -5.70. The van der Waals surface area contributed by atoms with Gasteiger partial charge in [0, 0.05) is 37.3 Å². The number of rotatable bonds is 24. The van der Waals surface area contributed by atoms with Crippen LogP contribution in [-0.4, -0.2) is 119 Å². The zero-order valence-corrected chi connectivity index (χ0v) is 45.9. The predicted molar refractivity (Wildman–Crippen MR) is 277 cm³/mol. The lowest BCUT2D eigenvalue weighted by atomic mass is 9.82. The molecule has 1 aromatic heterocycles. The third-order valence-corrected chi connectivity index (χ3v) is 16.2. The summed E-state index contributed by atoms with van der Waals surface area (Å²) in [6.45, 7) is 3.86. The van der Waals surface area contributed by atoms with E-state index in [1.54, 1.807) is 0 Å². The van der Waals surface area contributed by atoms with Crippen molar-refractivity contribution in [2.24, 2.45) is 17.8 Å². The van der Waals surface area contributed by atoms with E-state index in [2.05, 4.69) is 23.1 Å². The van der Waals surface area contributed by atoms with E-state index in [0.717, 1.165) is 49.0 Å². The average Bonchev–Trinajstić information content (AvgIpc) is 3.32. The van der Waals surface area contributed by atoms with Gasteiger partial charge >= 0.3 is 33.3 Å².